The number of nitrogens with zero attached hydrogens (tertiary/aromatic N) is 1. The Hall–Kier alpha value is -2.94. The average Bonchev–Trinajstić information content (AvgIpc) is 3.22. The number of benzene rings is 3. The molecule has 0 aliphatic heterocycles. The molecule has 3 aromatic carbocycles. The Bertz CT molecular complexity index is 1220. The number of thiazole rings is 1. The van der Waals surface area contributed by atoms with Gasteiger partial charge in [-0.15, -0.1) is 11.3 Å². The molecule has 1 heterocycles. The first-order chi connectivity index (χ1) is 15.5. The number of thioether (sulfide) groups is 1. The van der Waals surface area contributed by atoms with Crippen molar-refractivity contribution in [3.05, 3.63) is 94.3 Å². The number of hydrogen-bond donors (Lipinski definition) is 2. The highest BCUT2D eigenvalue weighted by atomic mass is 35.5. The van der Waals surface area contributed by atoms with E-state index < -0.39 is 17.6 Å². The average molecular weight is 486 g/mol. The molecule has 2 amide bonds. The number of carbonyl (C=O) groups excluding carboxylic acids is 2. The summed E-state index contributed by atoms with van der Waals surface area (Å²) >= 11 is 9.21. The number of carbonyl (C=O) groups is 2. The molecule has 9 heteroatoms. The normalized spacial score (nSPS) is 10.8. The monoisotopic (exact) mass is 485 g/mol. The summed E-state index contributed by atoms with van der Waals surface area (Å²) in [5.41, 5.74) is 7.12. The van der Waals surface area contributed by atoms with Crippen LogP contribution in [-0.2, 0) is 17.0 Å². The summed E-state index contributed by atoms with van der Waals surface area (Å²) < 4.78 is 15.9. The van der Waals surface area contributed by atoms with Crippen molar-refractivity contribution in [3.63, 3.8) is 0 Å². The minimum atomic E-state index is -0.575. The lowest BCUT2D eigenvalue weighted by molar-refractivity contribution is -0.121. The highest BCUT2D eigenvalue weighted by Crippen LogP contribution is 2.31. The van der Waals surface area contributed by atoms with Gasteiger partial charge in [0.2, 0.25) is 5.91 Å². The van der Waals surface area contributed by atoms with Crippen molar-refractivity contribution in [1.29, 1.82) is 0 Å². The molecular formula is C23H17ClFN3O2S2. The van der Waals surface area contributed by atoms with Crippen LogP contribution < -0.4 is 10.9 Å². The Balaban J connectivity index is 1.28. The molecular weight excluding hydrogens is 469 g/mol. The Morgan fingerprint density at radius 3 is 2.53 bits per heavy atom. The maximum absolute atomic E-state index is 13.8. The predicted molar refractivity (Wildman–Crippen MR) is 126 cm³/mol. The number of para-hydroxylation sites is 1. The minimum absolute atomic E-state index is 0.0795. The first-order valence-corrected chi connectivity index (χ1v) is 11.8. The molecule has 0 aliphatic rings. The molecule has 0 atom stereocenters. The van der Waals surface area contributed by atoms with Crippen LogP contribution in [0.5, 0.6) is 0 Å². The second kappa shape index (κ2) is 10.1. The van der Waals surface area contributed by atoms with Crippen LogP contribution in [0, 0.1) is 5.82 Å². The zero-order chi connectivity index (χ0) is 22.5. The highest BCUT2D eigenvalue weighted by Gasteiger charge is 2.13. The fraction of sp³-hybridized carbons (Fsp3) is 0.0870. The zero-order valence-electron chi connectivity index (χ0n) is 16.6. The highest BCUT2D eigenvalue weighted by molar-refractivity contribution is 8.00. The largest absolute Gasteiger partial charge is 0.273 e. The Morgan fingerprint density at radius 1 is 1.00 bits per heavy atom. The predicted octanol–water partition coefficient (Wildman–Crippen LogP) is 5.38. The molecule has 0 bridgehead atoms. The van der Waals surface area contributed by atoms with E-state index in [9.17, 15) is 14.0 Å². The Kier molecular flexibility index (Phi) is 7.04. The van der Waals surface area contributed by atoms with Gasteiger partial charge in [0.1, 0.15) is 5.82 Å². The van der Waals surface area contributed by atoms with Crippen LogP contribution in [-0.4, -0.2) is 16.8 Å². The molecule has 4 aromatic rings. The van der Waals surface area contributed by atoms with Gasteiger partial charge in [-0.1, -0.05) is 53.7 Å². The Labute approximate surface area is 197 Å². The molecule has 5 nitrogen and oxygen atoms in total. The van der Waals surface area contributed by atoms with E-state index in [0.717, 1.165) is 25.9 Å². The fourth-order valence-corrected chi connectivity index (χ4v) is 5.17. The van der Waals surface area contributed by atoms with Gasteiger partial charge in [0.05, 0.1) is 16.6 Å². The summed E-state index contributed by atoms with van der Waals surface area (Å²) in [7, 11) is 0. The van der Waals surface area contributed by atoms with Gasteiger partial charge in [-0.3, -0.25) is 20.4 Å². The van der Waals surface area contributed by atoms with Gasteiger partial charge in [0, 0.05) is 21.9 Å². The molecule has 2 N–H and O–H groups in total. The molecule has 162 valence electrons. The first-order valence-electron chi connectivity index (χ1n) is 9.59. The van der Waals surface area contributed by atoms with Gasteiger partial charge in [0.25, 0.3) is 5.91 Å². The van der Waals surface area contributed by atoms with Crippen LogP contribution in [0.2, 0.25) is 5.02 Å². The van der Waals surface area contributed by atoms with E-state index in [1.807, 2.05) is 36.4 Å². The van der Waals surface area contributed by atoms with Crippen molar-refractivity contribution < 1.29 is 14.0 Å². The van der Waals surface area contributed by atoms with Crippen LogP contribution in [0.25, 0.3) is 10.2 Å². The maximum atomic E-state index is 13.8. The van der Waals surface area contributed by atoms with E-state index >= 15 is 0 Å². The van der Waals surface area contributed by atoms with E-state index in [1.54, 1.807) is 35.2 Å². The van der Waals surface area contributed by atoms with Gasteiger partial charge >= 0.3 is 0 Å². The fourth-order valence-electron chi connectivity index (χ4n) is 2.91. The van der Waals surface area contributed by atoms with Crippen LogP contribution in [0.15, 0.2) is 71.1 Å². The number of amides is 2. The molecule has 0 saturated carbocycles. The molecule has 32 heavy (non-hydrogen) atoms. The SMILES string of the molecule is O=C(Cc1c(F)cccc1Cl)NNC(=O)c1ccc(CSc2nc3ccccc3s2)cc1. The van der Waals surface area contributed by atoms with E-state index in [0.29, 0.717) is 5.56 Å². The van der Waals surface area contributed by atoms with E-state index in [1.165, 1.54) is 18.2 Å². The summed E-state index contributed by atoms with van der Waals surface area (Å²) in [6, 6.07) is 19.3. The van der Waals surface area contributed by atoms with Gasteiger partial charge in [0.15, 0.2) is 4.34 Å². The molecule has 0 aliphatic carbocycles. The lowest BCUT2D eigenvalue weighted by atomic mass is 10.1. The minimum Gasteiger partial charge on any atom is -0.273 e. The van der Waals surface area contributed by atoms with Gasteiger partial charge in [-0.2, -0.15) is 0 Å². The lowest BCUT2D eigenvalue weighted by Gasteiger charge is -2.09. The number of hydrogen-bond acceptors (Lipinski definition) is 5. The second-order valence-corrected chi connectivity index (χ2v) is 9.47. The molecule has 1 aromatic heterocycles. The van der Waals surface area contributed by atoms with Crippen molar-refractivity contribution in [3.8, 4) is 0 Å². The zero-order valence-corrected chi connectivity index (χ0v) is 19.0. The van der Waals surface area contributed by atoms with E-state index in [4.69, 9.17) is 11.6 Å². The molecule has 0 spiro atoms. The third-order valence-corrected chi connectivity index (χ3v) is 7.17. The van der Waals surface area contributed by atoms with Gasteiger partial charge in [-0.05, 0) is 42.0 Å². The number of fused-ring (bicyclic) bond motifs is 1. The summed E-state index contributed by atoms with van der Waals surface area (Å²) in [4.78, 5) is 28.9. The number of nitrogens with one attached hydrogen (secondary N) is 2. The van der Waals surface area contributed by atoms with Gasteiger partial charge in [-0.25, -0.2) is 9.37 Å². The quantitative estimate of drug-likeness (QED) is 0.284. The van der Waals surface area contributed by atoms with E-state index in [-0.39, 0.29) is 17.0 Å². The third-order valence-electron chi connectivity index (χ3n) is 4.57. The number of halogens is 2. The molecule has 0 radical (unpaired) electrons. The summed E-state index contributed by atoms with van der Waals surface area (Å²) in [5, 5.41) is 0.158. The molecule has 0 saturated heterocycles. The molecule has 0 unspecified atom stereocenters. The van der Waals surface area contributed by atoms with Crippen LogP contribution in [0.3, 0.4) is 0 Å². The van der Waals surface area contributed by atoms with Crippen molar-refractivity contribution in [1.82, 2.24) is 15.8 Å². The van der Waals surface area contributed by atoms with E-state index in [2.05, 4.69) is 15.8 Å². The smallest absolute Gasteiger partial charge is 0.269 e. The molecule has 4 rings (SSSR count). The topological polar surface area (TPSA) is 71.1 Å². The summed E-state index contributed by atoms with van der Waals surface area (Å²) in [6.07, 6.45) is -0.284. The maximum Gasteiger partial charge on any atom is 0.269 e. The second-order valence-electron chi connectivity index (χ2n) is 6.81. The van der Waals surface area contributed by atoms with Gasteiger partial charge < -0.3 is 0 Å². The van der Waals surface area contributed by atoms with Crippen molar-refractivity contribution in [2.24, 2.45) is 0 Å². The van der Waals surface area contributed by atoms with Crippen LogP contribution in [0.4, 0.5) is 4.39 Å². The van der Waals surface area contributed by atoms with Crippen molar-refractivity contribution in [2.75, 3.05) is 0 Å². The number of rotatable bonds is 6. The number of hydrazine groups is 1. The van der Waals surface area contributed by atoms with Crippen LogP contribution in [0.1, 0.15) is 21.5 Å². The van der Waals surface area contributed by atoms with Crippen molar-refractivity contribution in [2.45, 2.75) is 16.5 Å². The summed E-state index contributed by atoms with van der Waals surface area (Å²) in [6.45, 7) is 0. The standard InChI is InChI=1S/C23H17ClFN3O2S2/c24-17-4-3-5-18(25)16(17)12-21(29)27-28-22(30)15-10-8-14(9-11-15)13-31-23-26-19-6-1-2-7-20(19)32-23/h1-11H,12-13H2,(H,27,29)(H,28,30). The Morgan fingerprint density at radius 2 is 1.78 bits per heavy atom. The summed E-state index contributed by atoms with van der Waals surface area (Å²) in [5.74, 6) is -0.891. The lowest BCUT2D eigenvalue weighted by Crippen LogP contribution is -2.42. The molecule has 0 fully saturated rings. The first kappa shape index (κ1) is 22.3. The number of aromatic nitrogens is 1. The third kappa shape index (κ3) is 5.45. The van der Waals surface area contributed by atoms with Crippen molar-refractivity contribution >= 4 is 56.7 Å². The van der Waals surface area contributed by atoms with Crippen LogP contribution >= 0.6 is 34.7 Å².